The molecule has 2 aromatic rings. The van der Waals surface area contributed by atoms with Crippen LogP contribution in [0.15, 0.2) is 47.4 Å². The number of hydrogen-bond donors (Lipinski definition) is 1. The third-order valence-electron chi connectivity index (χ3n) is 3.68. The van der Waals surface area contributed by atoms with Crippen molar-refractivity contribution in [3.8, 4) is 5.75 Å². The number of rotatable bonds is 5. The van der Waals surface area contributed by atoms with Crippen LogP contribution in [0.5, 0.6) is 5.75 Å². The fraction of sp³-hybridized carbons (Fsp3) is 0.294. The highest BCUT2D eigenvalue weighted by Gasteiger charge is 2.30. The number of benzene rings is 1. The summed E-state index contributed by atoms with van der Waals surface area (Å²) in [7, 11) is 0. The zero-order valence-corrected chi connectivity index (χ0v) is 12.9. The van der Waals surface area contributed by atoms with E-state index in [0.717, 1.165) is 11.1 Å². The molecule has 1 N–H and O–H groups in total. The maximum Gasteiger partial charge on any atom is 0.329 e. The van der Waals surface area contributed by atoms with Crippen molar-refractivity contribution in [2.75, 3.05) is 0 Å². The molecule has 0 spiro atoms. The molecule has 1 aromatic carbocycles. The molecule has 0 aliphatic carbocycles. The molecule has 1 aromatic heterocycles. The smallest absolute Gasteiger partial charge is 0.329 e. The van der Waals surface area contributed by atoms with Crippen LogP contribution in [0, 0.1) is 6.92 Å². The zero-order chi connectivity index (χ0) is 16.3. The summed E-state index contributed by atoms with van der Waals surface area (Å²) in [6.07, 6.45) is 1.46. The van der Waals surface area contributed by atoms with E-state index < -0.39 is 17.1 Å². The van der Waals surface area contributed by atoms with E-state index in [0.29, 0.717) is 0 Å². The Kier molecular flexibility index (Phi) is 4.35. The van der Waals surface area contributed by atoms with Gasteiger partial charge in [0.1, 0.15) is 12.1 Å². The number of carbonyl (C=O) groups is 1. The van der Waals surface area contributed by atoms with Gasteiger partial charge in [-0.15, -0.1) is 0 Å². The maximum atomic E-state index is 12.4. The maximum absolute atomic E-state index is 12.4. The lowest BCUT2D eigenvalue weighted by Gasteiger charge is -2.23. The predicted octanol–water partition coefficient (Wildman–Crippen LogP) is 2.56. The van der Waals surface area contributed by atoms with Crippen molar-refractivity contribution >= 4 is 5.97 Å². The van der Waals surface area contributed by atoms with E-state index in [9.17, 15) is 14.7 Å². The Balaban J connectivity index is 2.29. The molecule has 0 bridgehead atoms. The summed E-state index contributed by atoms with van der Waals surface area (Å²) in [5, 5.41) is 9.25. The fourth-order valence-corrected chi connectivity index (χ4v) is 2.05. The van der Waals surface area contributed by atoms with Gasteiger partial charge in [-0.2, -0.15) is 0 Å². The predicted molar refractivity (Wildman–Crippen MR) is 83.2 cm³/mol. The summed E-state index contributed by atoms with van der Waals surface area (Å²) in [5.74, 6) is -0.939. The molecule has 0 aliphatic rings. The Morgan fingerprint density at radius 2 is 1.91 bits per heavy atom. The first kappa shape index (κ1) is 15.8. The van der Waals surface area contributed by atoms with Crippen LogP contribution in [-0.4, -0.2) is 15.6 Å². The van der Waals surface area contributed by atoms with Gasteiger partial charge in [-0.05, 0) is 44.0 Å². The molecule has 5 heteroatoms. The Labute approximate surface area is 128 Å². The third-order valence-corrected chi connectivity index (χ3v) is 3.68. The first-order valence-corrected chi connectivity index (χ1v) is 6.97. The average molecular weight is 301 g/mol. The number of hydrogen-bond acceptors (Lipinski definition) is 3. The molecule has 22 heavy (non-hydrogen) atoms. The number of carboxylic acid groups (broad SMARTS) is 1. The zero-order valence-electron chi connectivity index (χ0n) is 12.9. The van der Waals surface area contributed by atoms with Crippen LogP contribution >= 0.6 is 0 Å². The minimum absolute atomic E-state index is 0.139. The van der Waals surface area contributed by atoms with Crippen LogP contribution < -0.4 is 10.3 Å². The van der Waals surface area contributed by atoms with Gasteiger partial charge in [0, 0.05) is 6.20 Å². The summed E-state index contributed by atoms with van der Waals surface area (Å²) < 4.78 is 6.76. The average Bonchev–Trinajstić information content (AvgIpc) is 2.47. The number of nitrogens with zero attached hydrogens (tertiary/aromatic N) is 1. The molecular formula is C17H19NO4. The minimum atomic E-state index is -1.33. The van der Waals surface area contributed by atoms with E-state index in [2.05, 4.69) is 0 Å². The van der Waals surface area contributed by atoms with Crippen LogP contribution in [0.25, 0.3) is 0 Å². The molecule has 0 atom stereocenters. The number of aryl methyl sites for hydroxylation is 1. The van der Waals surface area contributed by atoms with E-state index in [1.54, 1.807) is 12.1 Å². The van der Waals surface area contributed by atoms with Gasteiger partial charge in [0.25, 0.3) is 5.56 Å². The lowest BCUT2D eigenvalue weighted by molar-refractivity contribution is -0.145. The lowest BCUT2D eigenvalue weighted by atomic mass is 10.1. The van der Waals surface area contributed by atoms with E-state index in [-0.39, 0.29) is 12.4 Å². The van der Waals surface area contributed by atoms with Crippen molar-refractivity contribution < 1.29 is 14.6 Å². The molecule has 0 fully saturated rings. The number of aliphatic carboxylic acids is 1. The van der Waals surface area contributed by atoms with Gasteiger partial charge in [-0.3, -0.25) is 9.36 Å². The SMILES string of the molecule is Cc1ccccc1COc1cccn(C(C)(C)C(=O)O)c1=O. The van der Waals surface area contributed by atoms with Gasteiger partial charge in [0.2, 0.25) is 0 Å². The topological polar surface area (TPSA) is 68.5 Å². The van der Waals surface area contributed by atoms with Gasteiger partial charge < -0.3 is 9.84 Å². The highest BCUT2D eigenvalue weighted by Crippen LogP contribution is 2.16. The van der Waals surface area contributed by atoms with Gasteiger partial charge >= 0.3 is 5.97 Å². The monoisotopic (exact) mass is 301 g/mol. The van der Waals surface area contributed by atoms with Crippen molar-refractivity contribution in [3.05, 3.63) is 64.1 Å². The first-order valence-electron chi connectivity index (χ1n) is 6.97. The van der Waals surface area contributed by atoms with Crippen molar-refractivity contribution in [2.24, 2.45) is 0 Å². The van der Waals surface area contributed by atoms with Crippen molar-refractivity contribution in [2.45, 2.75) is 32.9 Å². The molecule has 2 rings (SSSR count). The highest BCUT2D eigenvalue weighted by molar-refractivity contribution is 5.75. The van der Waals surface area contributed by atoms with E-state index in [4.69, 9.17) is 4.74 Å². The largest absolute Gasteiger partial charge is 0.483 e. The minimum Gasteiger partial charge on any atom is -0.483 e. The number of aromatic nitrogens is 1. The summed E-state index contributed by atoms with van der Waals surface area (Å²) in [6, 6.07) is 10.9. The van der Waals surface area contributed by atoms with Crippen molar-refractivity contribution in [3.63, 3.8) is 0 Å². The highest BCUT2D eigenvalue weighted by atomic mass is 16.5. The Hall–Kier alpha value is -2.56. The van der Waals surface area contributed by atoms with Crippen LogP contribution in [0.2, 0.25) is 0 Å². The van der Waals surface area contributed by atoms with E-state index in [1.807, 2.05) is 31.2 Å². The molecule has 0 unspecified atom stereocenters. The Bertz CT molecular complexity index is 746. The van der Waals surface area contributed by atoms with Crippen LogP contribution in [0.1, 0.15) is 25.0 Å². The van der Waals surface area contributed by atoms with E-state index >= 15 is 0 Å². The van der Waals surface area contributed by atoms with Gasteiger partial charge in [-0.25, -0.2) is 4.79 Å². The summed E-state index contributed by atoms with van der Waals surface area (Å²) >= 11 is 0. The molecular weight excluding hydrogens is 282 g/mol. The normalized spacial score (nSPS) is 11.2. The fourth-order valence-electron chi connectivity index (χ4n) is 2.05. The van der Waals surface area contributed by atoms with Gasteiger partial charge in [-0.1, -0.05) is 24.3 Å². The molecule has 0 saturated heterocycles. The van der Waals surface area contributed by atoms with Crippen molar-refractivity contribution in [1.29, 1.82) is 0 Å². The third kappa shape index (κ3) is 3.03. The lowest BCUT2D eigenvalue weighted by Crippen LogP contribution is -2.42. The van der Waals surface area contributed by atoms with Gasteiger partial charge in [0.15, 0.2) is 5.75 Å². The van der Waals surface area contributed by atoms with Crippen LogP contribution in [0.4, 0.5) is 0 Å². The number of pyridine rings is 1. The van der Waals surface area contributed by atoms with Crippen LogP contribution in [0.3, 0.4) is 0 Å². The molecule has 5 nitrogen and oxygen atoms in total. The Morgan fingerprint density at radius 1 is 1.23 bits per heavy atom. The second-order valence-corrected chi connectivity index (χ2v) is 5.63. The molecule has 0 amide bonds. The van der Waals surface area contributed by atoms with Crippen LogP contribution in [-0.2, 0) is 16.9 Å². The summed E-state index contributed by atoms with van der Waals surface area (Å²) in [4.78, 5) is 23.7. The Morgan fingerprint density at radius 3 is 2.55 bits per heavy atom. The van der Waals surface area contributed by atoms with Crippen molar-refractivity contribution in [1.82, 2.24) is 4.57 Å². The summed E-state index contributed by atoms with van der Waals surface area (Å²) in [5.41, 5.74) is 0.266. The molecule has 0 aliphatic heterocycles. The first-order chi connectivity index (χ1) is 10.3. The molecule has 1 heterocycles. The standard InChI is InChI=1S/C17H19NO4/c1-12-7-4-5-8-13(12)11-22-14-9-6-10-18(15(14)19)17(2,3)16(20)21/h4-10H,11H2,1-3H3,(H,20,21). The quantitative estimate of drug-likeness (QED) is 0.921. The molecule has 0 saturated carbocycles. The number of carboxylic acids is 1. The summed E-state index contributed by atoms with van der Waals surface area (Å²) in [6.45, 7) is 5.18. The van der Waals surface area contributed by atoms with E-state index in [1.165, 1.54) is 24.6 Å². The number of ether oxygens (including phenoxy) is 1. The second-order valence-electron chi connectivity index (χ2n) is 5.63. The van der Waals surface area contributed by atoms with Gasteiger partial charge in [0.05, 0.1) is 0 Å². The second kappa shape index (κ2) is 6.05. The molecule has 116 valence electrons. The molecule has 0 radical (unpaired) electrons.